The number of rotatable bonds is 6. The van der Waals surface area contributed by atoms with Gasteiger partial charge in [-0.3, -0.25) is 9.78 Å². The van der Waals surface area contributed by atoms with Crippen molar-refractivity contribution in [2.45, 2.75) is 6.92 Å². The molecule has 2 heterocycles. The molecule has 0 amide bonds. The minimum atomic E-state index is -0.116. The number of ether oxygens (including phenoxy) is 2. The van der Waals surface area contributed by atoms with Gasteiger partial charge >= 0.3 is 0 Å². The van der Waals surface area contributed by atoms with Crippen LogP contribution in [0, 0.1) is 6.92 Å². The molecule has 0 aliphatic heterocycles. The smallest absolute Gasteiger partial charge is 0.237 e. The summed E-state index contributed by atoms with van der Waals surface area (Å²) in [5.74, 6) is 1.56. The molecule has 0 bridgehead atoms. The van der Waals surface area contributed by atoms with Gasteiger partial charge in [-0.2, -0.15) is 0 Å². The minimum absolute atomic E-state index is 0.0647. The summed E-state index contributed by atoms with van der Waals surface area (Å²) < 4.78 is 11.6. The number of ketones is 1. The van der Waals surface area contributed by atoms with Gasteiger partial charge in [0.2, 0.25) is 11.7 Å². The van der Waals surface area contributed by atoms with Crippen molar-refractivity contribution in [1.82, 2.24) is 15.0 Å². The van der Waals surface area contributed by atoms with Gasteiger partial charge in [0.1, 0.15) is 11.5 Å². The van der Waals surface area contributed by atoms with E-state index in [1.165, 1.54) is 6.20 Å². The Kier molecular flexibility index (Phi) is 5.21. The largest absolute Gasteiger partial charge is 0.485 e. The number of nitrogens with zero attached hydrogens (tertiary/aromatic N) is 2. The predicted octanol–water partition coefficient (Wildman–Crippen LogP) is 6.13. The van der Waals surface area contributed by atoms with E-state index in [0.717, 1.165) is 27.2 Å². The molecule has 3 aromatic carbocycles. The van der Waals surface area contributed by atoms with E-state index < -0.39 is 0 Å². The van der Waals surface area contributed by atoms with E-state index in [2.05, 4.69) is 15.0 Å². The molecular weight excluding hydrogens is 426 g/mol. The number of aryl methyl sites for hydroxylation is 1. The minimum Gasteiger partial charge on any atom is -0.485 e. The zero-order valence-corrected chi connectivity index (χ0v) is 17.9. The van der Waals surface area contributed by atoms with E-state index >= 15 is 0 Å². The lowest BCUT2D eigenvalue weighted by Crippen LogP contribution is -2.11. The van der Waals surface area contributed by atoms with Crippen molar-refractivity contribution < 1.29 is 14.3 Å². The summed E-state index contributed by atoms with van der Waals surface area (Å²) >= 11 is 6.08. The molecule has 0 saturated heterocycles. The molecule has 1 N–H and O–H groups in total. The Morgan fingerprint density at radius 1 is 1.06 bits per heavy atom. The summed E-state index contributed by atoms with van der Waals surface area (Å²) in [6.45, 7) is 1.88. The van der Waals surface area contributed by atoms with Gasteiger partial charge in [-0.1, -0.05) is 17.7 Å². The van der Waals surface area contributed by atoms with Crippen LogP contribution in [0.5, 0.6) is 17.4 Å². The van der Waals surface area contributed by atoms with Crippen molar-refractivity contribution in [3.05, 3.63) is 89.5 Å². The second kappa shape index (κ2) is 8.32. The highest BCUT2D eigenvalue weighted by Gasteiger charge is 2.15. The highest BCUT2D eigenvalue weighted by atomic mass is 35.5. The molecule has 0 aliphatic carbocycles. The number of fused-ring (bicyclic) bond motifs is 2. The molecule has 0 fully saturated rings. The number of hydrogen-bond donors (Lipinski definition) is 1. The van der Waals surface area contributed by atoms with Gasteiger partial charge < -0.3 is 14.5 Å². The molecule has 0 atom stereocenters. The van der Waals surface area contributed by atoms with E-state index in [1.54, 1.807) is 24.7 Å². The topological polar surface area (TPSA) is 77.1 Å². The molecule has 6 nitrogen and oxygen atoms in total. The van der Waals surface area contributed by atoms with E-state index in [-0.39, 0.29) is 12.4 Å². The lowest BCUT2D eigenvalue weighted by Gasteiger charge is -2.10. The molecule has 0 saturated carbocycles. The first-order valence-electron chi connectivity index (χ1n) is 9.98. The molecule has 0 spiro atoms. The summed E-state index contributed by atoms with van der Waals surface area (Å²) in [4.78, 5) is 24.1. The standard InChI is InChI=1S/C25H18ClN3O3/c1-15-8-17-9-18(26)3-2-16(17)10-24(15)31-14-23(30)21-12-29-22-11-19(4-5-20(21)22)32-25-13-27-6-7-28-25/h2-13,29H,14H2,1H3. The lowest BCUT2D eigenvalue weighted by atomic mass is 10.1. The molecule has 5 rings (SSSR count). The first-order valence-corrected chi connectivity index (χ1v) is 10.4. The maximum Gasteiger partial charge on any atom is 0.237 e. The molecule has 7 heteroatoms. The van der Waals surface area contributed by atoms with E-state index in [4.69, 9.17) is 21.1 Å². The monoisotopic (exact) mass is 443 g/mol. The number of Topliss-reactive ketones (excluding diaryl/α,β-unsaturated/α-hetero) is 1. The van der Waals surface area contributed by atoms with Crippen LogP contribution < -0.4 is 9.47 Å². The highest BCUT2D eigenvalue weighted by molar-refractivity contribution is 6.31. The van der Waals surface area contributed by atoms with Crippen molar-refractivity contribution >= 4 is 39.1 Å². The van der Waals surface area contributed by atoms with Crippen LogP contribution in [0.15, 0.2) is 73.3 Å². The number of carbonyl (C=O) groups excluding carboxylic acids is 1. The number of H-pyrrole nitrogens is 1. The first-order chi connectivity index (χ1) is 15.6. The van der Waals surface area contributed by atoms with E-state index in [9.17, 15) is 4.79 Å². The van der Waals surface area contributed by atoms with E-state index in [0.29, 0.717) is 28.0 Å². The molecular formula is C25H18ClN3O3. The number of hydrogen-bond acceptors (Lipinski definition) is 5. The lowest BCUT2D eigenvalue weighted by molar-refractivity contribution is 0.0923. The van der Waals surface area contributed by atoms with Gasteiger partial charge in [0.05, 0.1) is 6.20 Å². The van der Waals surface area contributed by atoms with Crippen LogP contribution in [-0.4, -0.2) is 27.3 Å². The van der Waals surface area contributed by atoms with Crippen molar-refractivity contribution in [2.75, 3.05) is 6.61 Å². The fraction of sp³-hybridized carbons (Fsp3) is 0.0800. The quantitative estimate of drug-likeness (QED) is 0.319. The van der Waals surface area contributed by atoms with Gasteiger partial charge in [-0.25, -0.2) is 4.98 Å². The summed E-state index contributed by atoms with van der Waals surface area (Å²) in [5, 5.41) is 3.52. The van der Waals surface area contributed by atoms with Crippen LogP contribution in [0.25, 0.3) is 21.7 Å². The van der Waals surface area contributed by atoms with Crippen LogP contribution in [0.3, 0.4) is 0 Å². The number of carbonyl (C=O) groups is 1. The Balaban J connectivity index is 1.33. The van der Waals surface area contributed by atoms with Crippen molar-refractivity contribution in [2.24, 2.45) is 0 Å². The van der Waals surface area contributed by atoms with Crippen molar-refractivity contribution in [3.63, 3.8) is 0 Å². The van der Waals surface area contributed by atoms with Gasteiger partial charge in [-0.05, 0) is 59.7 Å². The average molecular weight is 444 g/mol. The normalized spacial score (nSPS) is 11.1. The summed E-state index contributed by atoms with van der Waals surface area (Å²) in [5.41, 5.74) is 2.29. The molecule has 2 aromatic heterocycles. The SMILES string of the molecule is Cc1cc2cc(Cl)ccc2cc1OCC(=O)c1c[nH]c2cc(Oc3cnccn3)ccc12. The van der Waals surface area contributed by atoms with Crippen molar-refractivity contribution in [1.29, 1.82) is 0 Å². The number of aromatic nitrogens is 3. The maximum absolute atomic E-state index is 12.9. The summed E-state index contributed by atoms with van der Waals surface area (Å²) in [7, 11) is 0. The molecule has 0 aliphatic rings. The summed E-state index contributed by atoms with van der Waals surface area (Å²) in [6.07, 6.45) is 6.37. The number of nitrogens with one attached hydrogen (secondary N) is 1. The fourth-order valence-electron chi connectivity index (χ4n) is 3.60. The Hall–Kier alpha value is -3.90. The Morgan fingerprint density at radius 3 is 2.81 bits per heavy atom. The Bertz CT molecular complexity index is 1450. The third-order valence-electron chi connectivity index (χ3n) is 5.17. The fourth-order valence-corrected chi connectivity index (χ4v) is 3.78. The van der Waals surface area contributed by atoms with Crippen LogP contribution in [0.2, 0.25) is 5.02 Å². The average Bonchev–Trinajstić information content (AvgIpc) is 3.21. The molecule has 32 heavy (non-hydrogen) atoms. The molecule has 0 unspecified atom stereocenters. The highest BCUT2D eigenvalue weighted by Crippen LogP contribution is 2.29. The van der Waals surface area contributed by atoms with Crippen LogP contribution in [0.1, 0.15) is 15.9 Å². The van der Waals surface area contributed by atoms with Gasteiger partial charge in [0.15, 0.2) is 6.61 Å². The third-order valence-corrected chi connectivity index (χ3v) is 5.41. The van der Waals surface area contributed by atoms with Crippen LogP contribution in [-0.2, 0) is 0 Å². The number of aromatic amines is 1. The second-order valence-corrected chi connectivity index (χ2v) is 7.81. The van der Waals surface area contributed by atoms with Gasteiger partial charge in [-0.15, -0.1) is 0 Å². The molecule has 158 valence electrons. The number of benzene rings is 3. The number of halogens is 1. The van der Waals surface area contributed by atoms with Crippen LogP contribution in [0.4, 0.5) is 0 Å². The second-order valence-electron chi connectivity index (χ2n) is 7.38. The summed E-state index contributed by atoms with van der Waals surface area (Å²) in [6, 6.07) is 15.1. The zero-order valence-electron chi connectivity index (χ0n) is 17.1. The van der Waals surface area contributed by atoms with Gasteiger partial charge in [0.25, 0.3) is 0 Å². The van der Waals surface area contributed by atoms with Crippen molar-refractivity contribution in [3.8, 4) is 17.4 Å². The first kappa shape index (κ1) is 20.0. The molecule has 5 aromatic rings. The predicted molar refractivity (Wildman–Crippen MR) is 124 cm³/mol. The Labute approximate surface area is 188 Å². The Morgan fingerprint density at radius 2 is 1.97 bits per heavy atom. The third kappa shape index (κ3) is 4.00. The maximum atomic E-state index is 12.9. The molecule has 0 radical (unpaired) electrons. The zero-order chi connectivity index (χ0) is 22.1. The van der Waals surface area contributed by atoms with Gasteiger partial charge in [0, 0.05) is 46.1 Å². The van der Waals surface area contributed by atoms with Crippen LogP contribution >= 0.6 is 11.6 Å². The van der Waals surface area contributed by atoms with E-state index in [1.807, 2.05) is 49.4 Å².